The summed E-state index contributed by atoms with van der Waals surface area (Å²) >= 11 is 0. The minimum absolute atomic E-state index is 0.0224. The second-order valence-corrected chi connectivity index (χ2v) is 4.45. The summed E-state index contributed by atoms with van der Waals surface area (Å²) < 4.78 is 53.1. The molecule has 0 radical (unpaired) electrons. The fraction of sp³-hybridized carbons (Fsp3) is 0.267. The lowest BCUT2D eigenvalue weighted by Gasteiger charge is -2.13. The number of benzene rings is 1. The van der Waals surface area contributed by atoms with Crippen LogP contribution in [0.1, 0.15) is 16.9 Å². The molecule has 0 unspecified atom stereocenters. The van der Waals surface area contributed by atoms with Gasteiger partial charge in [-0.3, -0.25) is 0 Å². The molecule has 0 aliphatic heterocycles. The molecule has 4 nitrogen and oxygen atoms in total. The number of rotatable bonds is 5. The molecule has 0 aliphatic rings. The van der Waals surface area contributed by atoms with E-state index in [4.69, 9.17) is 13.9 Å². The first-order valence-electron chi connectivity index (χ1n) is 6.35. The first kappa shape index (κ1) is 15.9. The van der Waals surface area contributed by atoms with Crippen LogP contribution in [0.3, 0.4) is 0 Å². The van der Waals surface area contributed by atoms with Gasteiger partial charge in [0.05, 0.1) is 11.8 Å². The number of furan rings is 1. The molecule has 0 saturated carbocycles. The first-order valence-corrected chi connectivity index (χ1v) is 6.35. The Bertz CT molecular complexity index is 646. The van der Waals surface area contributed by atoms with Gasteiger partial charge in [-0.1, -0.05) is 12.1 Å². The van der Waals surface area contributed by atoms with E-state index >= 15 is 0 Å². The Labute approximate surface area is 124 Å². The third-order valence-corrected chi connectivity index (χ3v) is 2.89. The smallest absolute Gasteiger partial charge is 0.419 e. The van der Waals surface area contributed by atoms with Crippen LogP contribution in [0.2, 0.25) is 0 Å². The van der Waals surface area contributed by atoms with E-state index < -0.39 is 30.1 Å². The number of para-hydroxylation sites is 1. The number of hydrogen-bond donors (Lipinski definition) is 0. The van der Waals surface area contributed by atoms with Crippen molar-refractivity contribution in [2.24, 2.45) is 0 Å². The average molecular weight is 314 g/mol. The van der Waals surface area contributed by atoms with Gasteiger partial charge in [-0.05, 0) is 25.1 Å². The molecule has 2 rings (SSSR count). The third kappa shape index (κ3) is 4.03. The van der Waals surface area contributed by atoms with E-state index in [0.29, 0.717) is 11.3 Å². The zero-order valence-electron chi connectivity index (χ0n) is 11.6. The molecular formula is C15H13F3O4. The molecule has 0 saturated heterocycles. The van der Waals surface area contributed by atoms with Crippen molar-refractivity contribution in [2.75, 3.05) is 6.61 Å². The summed E-state index contributed by atoms with van der Waals surface area (Å²) in [6.45, 7) is 1.08. The van der Waals surface area contributed by atoms with Gasteiger partial charge in [0.2, 0.25) is 0 Å². The maximum absolute atomic E-state index is 12.7. The molecule has 118 valence electrons. The SMILES string of the molecule is Cc1occc1COC(=O)COc1ccccc1C(F)(F)F. The van der Waals surface area contributed by atoms with Crippen LogP contribution < -0.4 is 4.74 Å². The molecular weight excluding hydrogens is 301 g/mol. The predicted octanol–water partition coefficient (Wildman–Crippen LogP) is 3.73. The highest BCUT2D eigenvalue weighted by Crippen LogP contribution is 2.35. The van der Waals surface area contributed by atoms with E-state index in [-0.39, 0.29) is 6.61 Å². The van der Waals surface area contributed by atoms with Crippen molar-refractivity contribution >= 4 is 5.97 Å². The molecule has 0 atom stereocenters. The van der Waals surface area contributed by atoms with Gasteiger partial charge in [-0.15, -0.1) is 0 Å². The zero-order chi connectivity index (χ0) is 16.2. The summed E-state index contributed by atoms with van der Waals surface area (Å²) in [4.78, 5) is 11.5. The van der Waals surface area contributed by atoms with Gasteiger partial charge in [0.1, 0.15) is 18.1 Å². The Morgan fingerprint density at radius 3 is 2.59 bits per heavy atom. The number of esters is 1. The van der Waals surface area contributed by atoms with Crippen LogP contribution in [-0.4, -0.2) is 12.6 Å². The summed E-state index contributed by atoms with van der Waals surface area (Å²) in [5, 5.41) is 0. The third-order valence-electron chi connectivity index (χ3n) is 2.89. The van der Waals surface area contributed by atoms with Gasteiger partial charge < -0.3 is 13.9 Å². The predicted molar refractivity (Wildman–Crippen MR) is 70.2 cm³/mol. The Kier molecular flexibility index (Phi) is 4.75. The average Bonchev–Trinajstić information content (AvgIpc) is 2.87. The largest absolute Gasteiger partial charge is 0.481 e. The molecule has 7 heteroatoms. The van der Waals surface area contributed by atoms with E-state index in [9.17, 15) is 18.0 Å². The lowest BCUT2D eigenvalue weighted by Crippen LogP contribution is -2.17. The van der Waals surface area contributed by atoms with Gasteiger partial charge in [0.15, 0.2) is 6.61 Å². The van der Waals surface area contributed by atoms with Gasteiger partial charge in [0, 0.05) is 5.56 Å². The van der Waals surface area contributed by atoms with Crippen molar-refractivity contribution in [2.45, 2.75) is 19.7 Å². The Balaban J connectivity index is 1.90. The lowest BCUT2D eigenvalue weighted by atomic mass is 10.2. The maximum Gasteiger partial charge on any atom is 0.419 e. The molecule has 0 aliphatic carbocycles. The van der Waals surface area contributed by atoms with Crippen LogP contribution in [0.5, 0.6) is 5.75 Å². The fourth-order valence-corrected chi connectivity index (χ4v) is 1.72. The van der Waals surface area contributed by atoms with Gasteiger partial charge >= 0.3 is 12.1 Å². The van der Waals surface area contributed by atoms with Crippen LogP contribution in [-0.2, 0) is 22.3 Å². The molecule has 0 bridgehead atoms. The van der Waals surface area contributed by atoms with Crippen molar-refractivity contribution in [1.82, 2.24) is 0 Å². The second-order valence-electron chi connectivity index (χ2n) is 4.45. The number of aryl methyl sites for hydroxylation is 1. The number of ether oxygens (including phenoxy) is 2. The summed E-state index contributed by atoms with van der Waals surface area (Å²) in [6.07, 6.45) is -3.09. The highest BCUT2D eigenvalue weighted by Gasteiger charge is 2.34. The van der Waals surface area contributed by atoms with Crippen molar-refractivity contribution in [3.8, 4) is 5.75 Å². The van der Waals surface area contributed by atoms with E-state index in [2.05, 4.69) is 0 Å². The zero-order valence-corrected chi connectivity index (χ0v) is 11.6. The standard InChI is InChI=1S/C15H13F3O4/c1-10-11(6-7-20-10)8-22-14(19)9-21-13-5-3-2-4-12(13)15(16,17)18/h2-7H,8-9H2,1H3. The number of hydrogen-bond acceptors (Lipinski definition) is 4. The topological polar surface area (TPSA) is 48.7 Å². The number of halogens is 3. The minimum atomic E-state index is -4.55. The van der Waals surface area contributed by atoms with Gasteiger partial charge in [-0.25, -0.2) is 4.79 Å². The molecule has 0 N–H and O–H groups in total. The second kappa shape index (κ2) is 6.55. The quantitative estimate of drug-likeness (QED) is 0.789. The molecule has 0 fully saturated rings. The summed E-state index contributed by atoms with van der Waals surface area (Å²) in [5.74, 6) is -0.569. The Morgan fingerprint density at radius 2 is 1.95 bits per heavy atom. The maximum atomic E-state index is 12.7. The number of alkyl halides is 3. The van der Waals surface area contributed by atoms with Crippen molar-refractivity contribution < 1.29 is 31.9 Å². The highest BCUT2D eigenvalue weighted by atomic mass is 19.4. The van der Waals surface area contributed by atoms with E-state index in [1.54, 1.807) is 13.0 Å². The molecule has 1 aromatic carbocycles. The van der Waals surface area contributed by atoms with Gasteiger partial charge in [0.25, 0.3) is 0 Å². The van der Waals surface area contributed by atoms with Crippen LogP contribution in [0, 0.1) is 6.92 Å². The molecule has 2 aromatic rings. The van der Waals surface area contributed by atoms with E-state index in [1.165, 1.54) is 18.4 Å². The molecule has 1 heterocycles. The minimum Gasteiger partial charge on any atom is -0.481 e. The monoisotopic (exact) mass is 314 g/mol. The van der Waals surface area contributed by atoms with Crippen LogP contribution in [0.25, 0.3) is 0 Å². The number of carbonyl (C=O) groups excluding carboxylic acids is 1. The van der Waals surface area contributed by atoms with Crippen LogP contribution in [0.15, 0.2) is 41.0 Å². The normalized spacial score (nSPS) is 11.3. The number of carbonyl (C=O) groups is 1. The summed E-state index contributed by atoms with van der Waals surface area (Å²) in [7, 11) is 0. The van der Waals surface area contributed by atoms with Crippen molar-refractivity contribution in [3.05, 3.63) is 53.5 Å². The fourth-order valence-electron chi connectivity index (χ4n) is 1.72. The van der Waals surface area contributed by atoms with Crippen molar-refractivity contribution in [3.63, 3.8) is 0 Å². The first-order chi connectivity index (χ1) is 10.4. The summed E-state index contributed by atoms with van der Waals surface area (Å²) in [5.41, 5.74) is -0.252. The van der Waals surface area contributed by atoms with E-state index in [0.717, 1.165) is 12.1 Å². The molecule has 1 aromatic heterocycles. The molecule has 0 amide bonds. The van der Waals surface area contributed by atoms with Crippen LogP contribution in [0.4, 0.5) is 13.2 Å². The molecule has 22 heavy (non-hydrogen) atoms. The highest BCUT2D eigenvalue weighted by molar-refractivity contribution is 5.71. The molecule has 0 spiro atoms. The summed E-state index contributed by atoms with van der Waals surface area (Å²) in [6, 6.07) is 6.31. The van der Waals surface area contributed by atoms with Gasteiger partial charge in [-0.2, -0.15) is 13.2 Å². The van der Waals surface area contributed by atoms with E-state index in [1.807, 2.05) is 0 Å². The van der Waals surface area contributed by atoms with Crippen molar-refractivity contribution in [1.29, 1.82) is 0 Å². The Morgan fingerprint density at radius 1 is 1.23 bits per heavy atom. The lowest BCUT2D eigenvalue weighted by molar-refractivity contribution is -0.149. The van der Waals surface area contributed by atoms with Crippen LogP contribution >= 0.6 is 0 Å². The Hall–Kier alpha value is -2.44.